The molecule has 0 bridgehead atoms. The molecule has 3 rings (SSSR count). The molecule has 1 unspecified atom stereocenters. The maximum atomic E-state index is 12.2. The molecule has 20 heavy (non-hydrogen) atoms. The first-order valence-electron chi connectivity index (χ1n) is 6.68. The molecule has 2 heterocycles. The summed E-state index contributed by atoms with van der Waals surface area (Å²) in [5, 5.41) is 5.90. The topological polar surface area (TPSA) is 87.3 Å². The van der Waals surface area contributed by atoms with Crippen molar-refractivity contribution in [2.24, 2.45) is 5.92 Å². The van der Waals surface area contributed by atoms with Crippen LogP contribution in [0.3, 0.4) is 0 Å². The van der Waals surface area contributed by atoms with Crippen LogP contribution in [0.25, 0.3) is 0 Å². The molecular weight excluding hydrogens is 278 g/mol. The summed E-state index contributed by atoms with van der Waals surface area (Å²) < 4.78 is 27.1. The molecule has 3 N–H and O–H groups in total. The van der Waals surface area contributed by atoms with Crippen LogP contribution in [0.15, 0.2) is 23.1 Å². The van der Waals surface area contributed by atoms with E-state index in [0.29, 0.717) is 18.2 Å². The van der Waals surface area contributed by atoms with Gasteiger partial charge < -0.3 is 10.6 Å². The normalized spacial score (nSPS) is 21.8. The van der Waals surface area contributed by atoms with Gasteiger partial charge in [0.1, 0.15) is 0 Å². The second kappa shape index (κ2) is 5.16. The molecule has 6 nitrogen and oxygen atoms in total. The van der Waals surface area contributed by atoms with Gasteiger partial charge in [0.15, 0.2) is 0 Å². The number of benzene rings is 1. The predicted octanol–water partition coefficient (Wildman–Crippen LogP) is 0.0690. The maximum Gasteiger partial charge on any atom is 0.240 e. The van der Waals surface area contributed by atoms with E-state index in [1.165, 1.54) is 6.07 Å². The summed E-state index contributed by atoms with van der Waals surface area (Å²) in [6, 6.07) is 4.74. The van der Waals surface area contributed by atoms with Crippen LogP contribution in [0, 0.1) is 5.92 Å². The summed E-state index contributed by atoms with van der Waals surface area (Å²) in [5.74, 6) is 0.252. The van der Waals surface area contributed by atoms with Crippen LogP contribution in [0.4, 0.5) is 5.69 Å². The van der Waals surface area contributed by atoms with Crippen LogP contribution >= 0.6 is 0 Å². The number of hydrogen-bond donors (Lipinski definition) is 3. The van der Waals surface area contributed by atoms with E-state index >= 15 is 0 Å². The van der Waals surface area contributed by atoms with Gasteiger partial charge in [-0.25, -0.2) is 13.1 Å². The van der Waals surface area contributed by atoms with Crippen molar-refractivity contribution in [3.05, 3.63) is 23.8 Å². The highest BCUT2D eigenvalue weighted by atomic mass is 32.2. The Kier molecular flexibility index (Phi) is 3.49. The van der Waals surface area contributed by atoms with Crippen molar-refractivity contribution < 1.29 is 13.2 Å². The Morgan fingerprint density at radius 1 is 1.35 bits per heavy atom. The summed E-state index contributed by atoms with van der Waals surface area (Å²) in [4.78, 5) is 11.5. The second-order valence-electron chi connectivity index (χ2n) is 5.25. The third kappa shape index (κ3) is 2.70. The fraction of sp³-hybridized carbons (Fsp3) is 0.462. The molecule has 1 atom stereocenters. The Bertz CT molecular complexity index is 636. The summed E-state index contributed by atoms with van der Waals surface area (Å²) in [6.07, 6.45) is 1.23. The third-order valence-electron chi connectivity index (χ3n) is 3.74. The van der Waals surface area contributed by atoms with E-state index in [1.807, 2.05) is 0 Å². The van der Waals surface area contributed by atoms with Crippen molar-refractivity contribution >= 4 is 21.6 Å². The highest BCUT2D eigenvalue weighted by molar-refractivity contribution is 7.89. The number of amides is 1. The first-order chi connectivity index (χ1) is 9.54. The average Bonchev–Trinajstić information content (AvgIpc) is 3.03. The SMILES string of the molecule is O=C1Cc2cc(S(=O)(=O)NCC3CCNC3)ccc2N1. The van der Waals surface area contributed by atoms with Gasteiger partial charge >= 0.3 is 0 Å². The molecule has 7 heteroatoms. The zero-order chi connectivity index (χ0) is 14.2. The van der Waals surface area contributed by atoms with E-state index in [1.54, 1.807) is 12.1 Å². The highest BCUT2D eigenvalue weighted by Crippen LogP contribution is 2.25. The van der Waals surface area contributed by atoms with Gasteiger partial charge in [0, 0.05) is 12.2 Å². The minimum absolute atomic E-state index is 0.0977. The lowest BCUT2D eigenvalue weighted by Crippen LogP contribution is -2.30. The Labute approximate surface area is 118 Å². The van der Waals surface area contributed by atoms with E-state index in [4.69, 9.17) is 0 Å². The number of carbonyl (C=O) groups excluding carboxylic acids is 1. The lowest BCUT2D eigenvalue weighted by molar-refractivity contribution is -0.115. The fourth-order valence-corrected chi connectivity index (χ4v) is 3.74. The molecule has 0 aromatic heterocycles. The highest BCUT2D eigenvalue weighted by Gasteiger charge is 2.23. The minimum Gasteiger partial charge on any atom is -0.326 e. The Hall–Kier alpha value is -1.44. The maximum absolute atomic E-state index is 12.2. The van der Waals surface area contributed by atoms with Crippen LogP contribution in [0.2, 0.25) is 0 Å². The summed E-state index contributed by atoms with van der Waals surface area (Å²) in [6.45, 7) is 2.24. The molecule has 1 saturated heterocycles. The van der Waals surface area contributed by atoms with Gasteiger partial charge in [-0.1, -0.05) is 0 Å². The lowest BCUT2D eigenvalue weighted by Gasteiger charge is -2.11. The van der Waals surface area contributed by atoms with E-state index in [-0.39, 0.29) is 17.2 Å². The Morgan fingerprint density at radius 2 is 2.20 bits per heavy atom. The molecule has 2 aliphatic rings. The molecule has 1 aromatic carbocycles. The van der Waals surface area contributed by atoms with Crippen LogP contribution in [0.5, 0.6) is 0 Å². The fourth-order valence-electron chi connectivity index (χ4n) is 2.57. The van der Waals surface area contributed by atoms with E-state index in [2.05, 4.69) is 15.4 Å². The van der Waals surface area contributed by atoms with Crippen LogP contribution in [-0.4, -0.2) is 34.0 Å². The molecule has 2 aliphatic heterocycles. The smallest absolute Gasteiger partial charge is 0.240 e. The lowest BCUT2D eigenvalue weighted by atomic mass is 10.1. The van der Waals surface area contributed by atoms with Gasteiger partial charge in [0.05, 0.1) is 11.3 Å². The molecule has 1 aromatic rings. The zero-order valence-corrected chi connectivity index (χ0v) is 11.8. The summed E-state index contributed by atoms with van der Waals surface area (Å²) >= 11 is 0. The van der Waals surface area contributed by atoms with Crippen molar-refractivity contribution in [2.45, 2.75) is 17.7 Å². The number of nitrogens with one attached hydrogen (secondary N) is 3. The van der Waals surface area contributed by atoms with Crippen molar-refractivity contribution in [2.75, 3.05) is 25.0 Å². The van der Waals surface area contributed by atoms with Crippen molar-refractivity contribution in [3.63, 3.8) is 0 Å². The number of fused-ring (bicyclic) bond motifs is 1. The van der Waals surface area contributed by atoms with E-state index < -0.39 is 10.0 Å². The molecule has 1 amide bonds. The first-order valence-corrected chi connectivity index (χ1v) is 8.16. The third-order valence-corrected chi connectivity index (χ3v) is 5.16. The molecule has 0 spiro atoms. The first kappa shape index (κ1) is 13.5. The van der Waals surface area contributed by atoms with Crippen molar-refractivity contribution in [1.29, 1.82) is 0 Å². The van der Waals surface area contributed by atoms with Crippen LogP contribution in [-0.2, 0) is 21.2 Å². The van der Waals surface area contributed by atoms with Crippen LogP contribution < -0.4 is 15.4 Å². The summed E-state index contributed by atoms with van der Waals surface area (Å²) in [5.41, 5.74) is 1.44. The van der Waals surface area contributed by atoms with Gasteiger partial charge in [0.25, 0.3) is 0 Å². The standard InChI is InChI=1S/C13H17N3O3S/c17-13-6-10-5-11(1-2-12(10)16-13)20(18,19)15-8-9-3-4-14-7-9/h1-2,5,9,14-15H,3-4,6-8H2,(H,16,17). The van der Waals surface area contributed by atoms with Crippen molar-refractivity contribution in [3.8, 4) is 0 Å². The second-order valence-corrected chi connectivity index (χ2v) is 7.02. The number of anilines is 1. The monoisotopic (exact) mass is 295 g/mol. The van der Waals surface area contributed by atoms with Gasteiger partial charge in [-0.2, -0.15) is 0 Å². The molecule has 0 radical (unpaired) electrons. The van der Waals surface area contributed by atoms with E-state index in [9.17, 15) is 13.2 Å². The average molecular weight is 295 g/mol. The number of sulfonamides is 1. The molecular formula is C13H17N3O3S. The molecule has 1 fully saturated rings. The van der Waals surface area contributed by atoms with Gasteiger partial charge in [0.2, 0.25) is 15.9 Å². The van der Waals surface area contributed by atoms with E-state index in [0.717, 1.165) is 25.1 Å². The van der Waals surface area contributed by atoms with Gasteiger partial charge in [-0.05, 0) is 49.2 Å². The zero-order valence-electron chi connectivity index (χ0n) is 11.0. The quantitative estimate of drug-likeness (QED) is 0.733. The van der Waals surface area contributed by atoms with Crippen molar-refractivity contribution in [1.82, 2.24) is 10.0 Å². The summed E-state index contributed by atoms with van der Waals surface area (Å²) in [7, 11) is -3.50. The Morgan fingerprint density at radius 3 is 2.95 bits per heavy atom. The molecule has 0 aliphatic carbocycles. The predicted molar refractivity (Wildman–Crippen MR) is 74.9 cm³/mol. The van der Waals surface area contributed by atoms with Gasteiger partial charge in [-0.15, -0.1) is 0 Å². The number of rotatable bonds is 4. The van der Waals surface area contributed by atoms with Crippen LogP contribution in [0.1, 0.15) is 12.0 Å². The van der Waals surface area contributed by atoms with Gasteiger partial charge in [-0.3, -0.25) is 4.79 Å². The molecule has 108 valence electrons. The molecule has 0 saturated carbocycles. The largest absolute Gasteiger partial charge is 0.326 e. The number of hydrogen-bond acceptors (Lipinski definition) is 4. The number of carbonyl (C=O) groups is 1. The Balaban J connectivity index is 1.74. The minimum atomic E-state index is -3.50.